The van der Waals surface area contributed by atoms with Crippen molar-refractivity contribution in [2.75, 3.05) is 0 Å². The van der Waals surface area contributed by atoms with E-state index in [4.69, 9.17) is 32.1 Å². The van der Waals surface area contributed by atoms with Crippen LogP contribution in [-0.2, 0) is 19.0 Å². The summed E-state index contributed by atoms with van der Waals surface area (Å²) >= 11 is 12.4. The average molecular weight is 463 g/mol. The molecule has 5 nitrogen and oxygen atoms in total. The molecule has 1 aliphatic heterocycles. The first-order chi connectivity index (χ1) is 14.3. The standard InChI is InChI=1S/C22H16Cl2O5S/c1-13-6-9-15(10-7-13)30(26,27)29-21(18-11-8-14(23)12-19(18)24)20-16-4-2-3-5-17(16)22(25)28-20/h2-12,20-21H,1H3/t20-,21+/m1/s1. The summed E-state index contributed by atoms with van der Waals surface area (Å²) < 4.78 is 37.2. The summed E-state index contributed by atoms with van der Waals surface area (Å²) in [6, 6.07) is 17.6. The number of aryl methyl sites for hydroxylation is 1. The smallest absolute Gasteiger partial charge is 0.339 e. The van der Waals surface area contributed by atoms with Crippen LogP contribution in [0.5, 0.6) is 0 Å². The Hall–Kier alpha value is -2.38. The zero-order chi connectivity index (χ0) is 21.5. The second kappa shape index (κ2) is 8.04. The monoisotopic (exact) mass is 462 g/mol. The van der Waals surface area contributed by atoms with Crippen molar-refractivity contribution < 1.29 is 22.1 Å². The van der Waals surface area contributed by atoms with Gasteiger partial charge < -0.3 is 4.74 Å². The molecular weight excluding hydrogens is 447 g/mol. The van der Waals surface area contributed by atoms with E-state index in [1.165, 1.54) is 18.2 Å². The van der Waals surface area contributed by atoms with Gasteiger partial charge in [0, 0.05) is 21.2 Å². The maximum atomic E-state index is 13.0. The van der Waals surface area contributed by atoms with Gasteiger partial charge in [-0.05, 0) is 37.3 Å². The maximum Gasteiger partial charge on any atom is 0.339 e. The molecule has 0 aliphatic carbocycles. The Balaban J connectivity index is 1.81. The van der Waals surface area contributed by atoms with Crippen molar-refractivity contribution in [3.8, 4) is 0 Å². The van der Waals surface area contributed by atoms with Gasteiger partial charge in [-0.3, -0.25) is 4.18 Å². The molecule has 1 aliphatic rings. The van der Waals surface area contributed by atoms with Crippen LogP contribution in [0.4, 0.5) is 0 Å². The number of fused-ring (bicyclic) bond motifs is 1. The van der Waals surface area contributed by atoms with Gasteiger partial charge in [-0.2, -0.15) is 8.42 Å². The van der Waals surface area contributed by atoms with E-state index < -0.39 is 28.3 Å². The summed E-state index contributed by atoms with van der Waals surface area (Å²) in [6.07, 6.45) is -2.19. The Morgan fingerprint density at radius 2 is 1.70 bits per heavy atom. The molecule has 0 unspecified atom stereocenters. The zero-order valence-electron chi connectivity index (χ0n) is 15.7. The fraction of sp³-hybridized carbons (Fsp3) is 0.136. The minimum Gasteiger partial charge on any atom is -0.451 e. The van der Waals surface area contributed by atoms with E-state index in [1.807, 2.05) is 6.92 Å². The molecule has 1 heterocycles. The van der Waals surface area contributed by atoms with Crippen LogP contribution in [0, 0.1) is 6.92 Å². The van der Waals surface area contributed by atoms with E-state index in [2.05, 4.69) is 0 Å². The highest BCUT2D eigenvalue weighted by Crippen LogP contribution is 2.45. The SMILES string of the molecule is Cc1ccc(S(=O)(=O)O[C@@H](c2ccc(Cl)cc2Cl)[C@@H]2OC(=O)c3ccccc32)cc1. The Kier molecular flexibility index (Phi) is 5.59. The minimum absolute atomic E-state index is 0.0132. The van der Waals surface area contributed by atoms with Gasteiger partial charge in [-0.1, -0.05) is 65.2 Å². The zero-order valence-corrected chi connectivity index (χ0v) is 18.0. The molecule has 0 aromatic heterocycles. The summed E-state index contributed by atoms with van der Waals surface area (Å²) in [7, 11) is -4.19. The van der Waals surface area contributed by atoms with Gasteiger partial charge in [0.1, 0.15) is 6.10 Å². The molecular formula is C22H16Cl2O5S. The van der Waals surface area contributed by atoms with Crippen LogP contribution in [-0.4, -0.2) is 14.4 Å². The number of ether oxygens (including phenoxy) is 1. The number of hydrogen-bond acceptors (Lipinski definition) is 5. The number of rotatable bonds is 5. The molecule has 0 bridgehead atoms. The van der Waals surface area contributed by atoms with Gasteiger partial charge >= 0.3 is 5.97 Å². The molecule has 0 radical (unpaired) electrons. The molecule has 0 fully saturated rings. The lowest BCUT2D eigenvalue weighted by molar-refractivity contribution is 0.000810. The molecule has 3 aromatic rings. The molecule has 2 atom stereocenters. The highest BCUT2D eigenvalue weighted by molar-refractivity contribution is 7.86. The van der Waals surface area contributed by atoms with Crippen LogP contribution < -0.4 is 0 Å². The number of cyclic esters (lactones) is 1. The van der Waals surface area contributed by atoms with Crippen LogP contribution in [0.25, 0.3) is 0 Å². The molecule has 0 saturated carbocycles. The van der Waals surface area contributed by atoms with Gasteiger partial charge in [0.25, 0.3) is 10.1 Å². The van der Waals surface area contributed by atoms with Crippen LogP contribution in [0.2, 0.25) is 10.0 Å². The van der Waals surface area contributed by atoms with Crippen LogP contribution >= 0.6 is 23.2 Å². The first-order valence-electron chi connectivity index (χ1n) is 9.01. The van der Waals surface area contributed by atoms with E-state index in [9.17, 15) is 13.2 Å². The lowest BCUT2D eigenvalue weighted by atomic mass is 9.97. The molecule has 3 aromatic carbocycles. The first kappa shape index (κ1) is 20.9. The van der Waals surface area contributed by atoms with Crippen LogP contribution in [0.15, 0.2) is 71.6 Å². The van der Waals surface area contributed by atoms with Crippen molar-refractivity contribution in [3.63, 3.8) is 0 Å². The molecule has 0 saturated heterocycles. The predicted octanol–water partition coefficient (Wildman–Crippen LogP) is 5.66. The Morgan fingerprint density at radius 1 is 1.00 bits per heavy atom. The van der Waals surface area contributed by atoms with Gasteiger partial charge in [-0.25, -0.2) is 4.79 Å². The Morgan fingerprint density at radius 3 is 2.40 bits per heavy atom. The van der Waals surface area contributed by atoms with Crippen molar-refractivity contribution >= 4 is 39.3 Å². The average Bonchev–Trinajstić information content (AvgIpc) is 3.04. The first-order valence-corrected chi connectivity index (χ1v) is 11.2. The number of hydrogen-bond donors (Lipinski definition) is 0. The second-order valence-electron chi connectivity index (χ2n) is 6.86. The second-order valence-corrected chi connectivity index (χ2v) is 9.28. The summed E-state index contributed by atoms with van der Waals surface area (Å²) in [4.78, 5) is 12.3. The molecule has 8 heteroatoms. The third-order valence-electron chi connectivity index (χ3n) is 4.81. The number of benzene rings is 3. The van der Waals surface area contributed by atoms with Crippen LogP contribution in [0.1, 0.15) is 39.3 Å². The van der Waals surface area contributed by atoms with E-state index in [0.29, 0.717) is 21.7 Å². The Labute approximate surface area is 184 Å². The quantitative estimate of drug-likeness (QED) is 0.361. The van der Waals surface area contributed by atoms with Gasteiger partial charge in [0.2, 0.25) is 0 Å². The highest BCUT2D eigenvalue weighted by atomic mass is 35.5. The lowest BCUT2D eigenvalue weighted by Gasteiger charge is -2.24. The largest absolute Gasteiger partial charge is 0.451 e. The third-order valence-corrected chi connectivity index (χ3v) is 6.68. The molecule has 4 rings (SSSR count). The molecule has 30 heavy (non-hydrogen) atoms. The van der Waals surface area contributed by atoms with Crippen LogP contribution in [0.3, 0.4) is 0 Å². The van der Waals surface area contributed by atoms with E-state index in [0.717, 1.165) is 5.56 Å². The number of carbonyl (C=O) groups excluding carboxylic acids is 1. The van der Waals surface area contributed by atoms with Gasteiger partial charge in [0.05, 0.1) is 10.5 Å². The van der Waals surface area contributed by atoms with Gasteiger partial charge in [0.15, 0.2) is 6.10 Å². The summed E-state index contributed by atoms with van der Waals surface area (Å²) in [5, 5.41) is 0.583. The van der Waals surface area contributed by atoms with Crippen molar-refractivity contribution in [1.82, 2.24) is 0 Å². The predicted molar refractivity (Wildman–Crippen MR) is 113 cm³/mol. The molecule has 0 N–H and O–H groups in total. The fourth-order valence-electron chi connectivity index (χ4n) is 3.29. The number of carbonyl (C=O) groups is 1. The molecule has 154 valence electrons. The number of esters is 1. The van der Waals surface area contributed by atoms with Gasteiger partial charge in [-0.15, -0.1) is 0 Å². The normalized spacial score (nSPS) is 16.8. The van der Waals surface area contributed by atoms with Crippen molar-refractivity contribution in [1.29, 1.82) is 0 Å². The third kappa shape index (κ3) is 3.96. The summed E-state index contributed by atoms with van der Waals surface area (Å²) in [6.45, 7) is 1.85. The van der Waals surface area contributed by atoms with Crippen molar-refractivity contribution in [3.05, 3.63) is 99.0 Å². The fourth-order valence-corrected chi connectivity index (χ4v) is 4.87. The molecule has 0 amide bonds. The molecule has 0 spiro atoms. The summed E-state index contributed by atoms with van der Waals surface area (Å²) in [5.41, 5.74) is 2.13. The Bertz CT molecular complexity index is 1220. The maximum absolute atomic E-state index is 13.0. The topological polar surface area (TPSA) is 69.7 Å². The summed E-state index contributed by atoms with van der Waals surface area (Å²) in [5.74, 6) is -0.554. The highest BCUT2D eigenvalue weighted by Gasteiger charge is 2.41. The van der Waals surface area contributed by atoms with E-state index >= 15 is 0 Å². The van der Waals surface area contributed by atoms with E-state index in [1.54, 1.807) is 48.5 Å². The van der Waals surface area contributed by atoms with Crippen molar-refractivity contribution in [2.45, 2.75) is 24.0 Å². The lowest BCUT2D eigenvalue weighted by Crippen LogP contribution is -2.20. The number of halogens is 2. The van der Waals surface area contributed by atoms with E-state index in [-0.39, 0.29) is 9.92 Å². The minimum atomic E-state index is -4.19. The van der Waals surface area contributed by atoms with Crippen molar-refractivity contribution in [2.24, 2.45) is 0 Å².